The summed E-state index contributed by atoms with van der Waals surface area (Å²) in [6, 6.07) is 5.57. The lowest BCUT2D eigenvalue weighted by atomic mass is 10.3. The summed E-state index contributed by atoms with van der Waals surface area (Å²) in [5.74, 6) is -0.356. The first-order valence-corrected chi connectivity index (χ1v) is 8.17. The van der Waals surface area contributed by atoms with E-state index in [0.717, 1.165) is 45.3 Å². The second-order valence-corrected chi connectivity index (χ2v) is 6.40. The Morgan fingerprint density at radius 3 is 2.95 bits per heavy atom. The number of hydrogen-bond donors (Lipinski definition) is 0. The number of ether oxygens (including phenoxy) is 1. The molecule has 0 saturated carbocycles. The van der Waals surface area contributed by atoms with Crippen molar-refractivity contribution in [2.24, 2.45) is 0 Å². The first kappa shape index (κ1) is 15.3. The Kier molecular flexibility index (Phi) is 5.37. The van der Waals surface area contributed by atoms with Crippen molar-refractivity contribution in [3.63, 3.8) is 0 Å². The highest BCUT2D eigenvalue weighted by atomic mass is 79.9. The minimum atomic E-state index is -0.356. The zero-order valence-corrected chi connectivity index (χ0v) is 13.6. The zero-order valence-electron chi connectivity index (χ0n) is 11.2. The lowest BCUT2D eigenvalue weighted by Crippen LogP contribution is -2.21. The Balaban J connectivity index is 2.07. The Morgan fingerprint density at radius 1 is 1.40 bits per heavy atom. The normalized spacial score (nSPS) is 10.9. The minimum Gasteiger partial charge on any atom is -0.464 e. The van der Waals surface area contributed by atoms with Crippen LogP contribution in [0.4, 0.5) is 0 Å². The van der Waals surface area contributed by atoms with Crippen LogP contribution < -0.4 is 4.87 Å². The monoisotopic (exact) mass is 357 g/mol. The van der Waals surface area contributed by atoms with Crippen molar-refractivity contribution in [1.29, 1.82) is 0 Å². The quantitative estimate of drug-likeness (QED) is 0.586. The minimum absolute atomic E-state index is 0.0212. The number of benzene rings is 1. The third-order valence-corrected chi connectivity index (χ3v) is 4.36. The second-order valence-electron chi connectivity index (χ2n) is 4.49. The maximum absolute atomic E-state index is 11.9. The molecule has 0 bridgehead atoms. The van der Waals surface area contributed by atoms with Gasteiger partial charge in [-0.15, -0.1) is 0 Å². The zero-order chi connectivity index (χ0) is 14.5. The van der Waals surface area contributed by atoms with Crippen LogP contribution in [0.5, 0.6) is 0 Å². The average molecular weight is 358 g/mol. The van der Waals surface area contributed by atoms with Gasteiger partial charge in [-0.3, -0.25) is 14.2 Å². The predicted octanol–water partition coefficient (Wildman–Crippen LogP) is 3.56. The van der Waals surface area contributed by atoms with Gasteiger partial charge in [-0.25, -0.2) is 0 Å². The highest BCUT2D eigenvalue weighted by Crippen LogP contribution is 2.22. The first-order chi connectivity index (χ1) is 9.61. The van der Waals surface area contributed by atoms with E-state index in [9.17, 15) is 9.59 Å². The molecule has 0 aliphatic heterocycles. The van der Waals surface area contributed by atoms with Gasteiger partial charge in [0.15, 0.2) is 0 Å². The van der Waals surface area contributed by atoms with Crippen LogP contribution in [0.25, 0.3) is 10.2 Å². The Labute approximate surface area is 129 Å². The van der Waals surface area contributed by atoms with E-state index in [1.807, 2.05) is 18.2 Å². The van der Waals surface area contributed by atoms with E-state index in [4.69, 9.17) is 4.74 Å². The van der Waals surface area contributed by atoms with Crippen LogP contribution in [0.1, 0.15) is 26.2 Å². The number of unbranched alkanes of at least 4 members (excludes halogenated alkanes) is 2. The van der Waals surface area contributed by atoms with Gasteiger partial charge >= 0.3 is 10.8 Å². The number of hydrogen-bond acceptors (Lipinski definition) is 4. The van der Waals surface area contributed by atoms with Crippen LogP contribution >= 0.6 is 27.3 Å². The van der Waals surface area contributed by atoms with E-state index in [1.165, 1.54) is 4.57 Å². The molecular weight excluding hydrogens is 342 g/mol. The SMILES string of the molecule is CCCCCOC(=O)Cn1c(=O)sc2cc(Br)ccc21. The van der Waals surface area contributed by atoms with Gasteiger partial charge in [-0.2, -0.15) is 0 Å². The van der Waals surface area contributed by atoms with Crippen molar-refractivity contribution in [2.45, 2.75) is 32.7 Å². The van der Waals surface area contributed by atoms with Crippen LogP contribution in [0.15, 0.2) is 27.5 Å². The smallest absolute Gasteiger partial charge is 0.326 e. The number of fused-ring (bicyclic) bond motifs is 1. The molecule has 6 heteroatoms. The van der Waals surface area contributed by atoms with Crippen molar-refractivity contribution in [3.8, 4) is 0 Å². The van der Waals surface area contributed by atoms with Crippen LogP contribution in [0.3, 0.4) is 0 Å². The number of halogens is 1. The van der Waals surface area contributed by atoms with Crippen molar-refractivity contribution in [2.75, 3.05) is 6.61 Å². The molecule has 0 aliphatic rings. The van der Waals surface area contributed by atoms with Crippen molar-refractivity contribution in [1.82, 2.24) is 4.57 Å². The standard InChI is InChI=1S/C14H16BrNO3S/c1-2-3-4-7-19-13(17)9-16-11-6-5-10(15)8-12(11)20-14(16)18/h5-6,8H,2-4,7,9H2,1H3. The topological polar surface area (TPSA) is 48.3 Å². The molecule has 20 heavy (non-hydrogen) atoms. The molecule has 0 spiro atoms. The molecule has 2 rings (SSSR count). The van der Waals surface area contributed by atoms with Crippen LogP contribution in [0.2, 0.25) is 0 Å². The maximum atomic E-state index is 11.9. The summed E-state index contributed by atoms with van der Waals surface area (Å²) in [5, 5.41) is 0. The Morgan fingerprint density at radius 2 is 2.20 bits per heavy atom. The predicted molar refractivity (Wildman–Crippen MR) is 84.3 cm³/mol. The average Bonchev–Trinajstić information content (AvgIpc) is 2.70. The van der Waals surface area contributed by atoms with E-state index in [2.05, 4.69) is 22.9 Å². The second kappa shape index (κ2) is 7.04. The summed E-state index contributed by atoms with van der Waals surface area (Å²) < 4.78 is 8.39. The maximum Gasteiger partial charge on any atom is 0.326 e. The molecule has 0 unspecified atom stereocenters. The molecule has 0 aliphatic carbocycles. The molecule has 1 aromatic heterocycles. The molecule has 1 heterocycles. The summed E-state index contributed by atoms with van der Waals surface area (Å²) >= 11 is 4.51. The van der Waals surface area contributed by atoms with E-state index in [-0.39, 0.29) is 17.4 Å². The highest BCUT2D eigenvalue weighted by Gasteiger charge is 2.12. The summed E-state index contributed by atoms with van der Waals surface area (Å²) in [5.41, 5.74) is 0.772. The third kappa shape index (κ3) is 3.70. The number of thiazole rings is 1. The number of rotatable bonds is 6. The molecule has 2 aromatic rings. The fourth-order valence-electron chi connectivity index (χ4n) is 1.90. The number of carbonyl (C=O) groups excluding carboxylic acids is 1. The van der Waals surface area contributed by atoms with Crippen LogP contribution in [-0.4, -0.2) is 17.1 Å². The molecule has 108 valence electrons. The number of carbonyl (C=O) groups is 1. The molecule has 0 radical (unpaired) electrons. The Bertz CT molecular complexity index is 662. The van der Waals surface area contributed by atoms with E-state index in [1.54, 1.807) is 0 Å². The molecule has 0 atom stereocenters. The van der Waals surface area contributed by atoms with Crippen LogP contribution in [-0.2, 0) is 16.1 Å². The van der Waals surface area contributed by atoms with Gasteiger partial charge in [0.25, 0.3) is 0 Å². The summed E-state index contributed by atoms with van der Waals surface area (Å²) in [7, 11) is 0. The molecule has 0 N–H and O–H groups in total. The van der Waals surface area contributed by atoms with Gasteiger partial charge in [-0.1, -0.05) is 47.0 Å². The summed E-state index contributed by atoms with van der Waals surface area (Å²) in [4.78, 5) is 23.5. The fraction of sp³-hybridized carbons (Fsp3) is 0.429. The van der Waals surface area contributed by atoms with Gasteiger partial charge in [0.1, 0.15) is 6.54 Å². The molecule has 4 nitrogen and oxygen atoms in total. The highest BCUT2D eigenvalue weighted by molar-refractivity contribution is 9.10. The van der Waals surface area contributed by atoms with Crippen molar-refractivity contribution in [3.05, 3.63) is 32.3 Å². The van der Waals surface area contributed by atoms with E-state index >= 15 is 0 Å². The van der Waals surface area contributed by atoms with Gasteiger partial charge in [0, 0.05) is 4.47 Å². The molecule has 1 aromatic carbocycles. The van der Waals surface area contributed by atoms with Crippen molar-refractivity contribution < 1.29 is 9.53 Å². The molecule has 0 amide bonds. The third-order valence-electron chi connectivity index (χ3n) is 2.93. The summed E-state index contributed by atoms with van der Waals surface area (Å²) in [6.45, 7) is 2.50. The van der Waals surface area contributed by atoms with Gasteiger partial charge in [-0.05, 0) is 24.6 Å². The molecule has 0 fully saturated rings. The van der Waals surface area contributed by atoms with Gasteiger partial charge < -0.3 is 4.74 Å². The van der Waals surface area contributed by atoms with E-state index in [0.29, 0.717) is 6.61 Å². The largest absolute Gasteiger partial charge is 0.464 e. The van der Waals surface area contributed by atoms with Gasteiger partial charge in [0.2, 0.25) is 0 Å². The summed E-state index contributed by atoms with van der Waals surface area (Å²) in [6.07, 6.45) is 3.00. The number of nitrogens with zero attached hydrogens (tertiary/aromatic N) is 1. The lowest BCUT2D eigenvalue weighted by molar-refractivity contribution is -0.144. The van der Waals surface area contributed by atoms with Crippen LogP contribution in [0, 0.1) is 0 Å². The van der Waals surface area contributed by atoms with E-state index < -0.39 is 0 Å². The first-order valence-electron chi connectivity index (χ1n) is 6.56. The number of esters is 1. The lowest BCUT2D eigenvalue weighted by Gasteiger charge is -2.05. The Hall–Kier alpha value is -1.14. The fourth-order valence-corrected chi connectivity index (χ4v) is 3.35. The number of aromatic nitrogens is 1. The molecular formula is C14H16BrNO3S. The molecule has 0 saturated heterocycles. The van der Waals surface area contributed by atoms with Gasteiger partial charge in [0.05, 0.1) is 16.8 Å². The van der Waals surface area contributed by atoms with Crippen molar-refractivity contribution >= 4 is 43.5 Å².